The van der Waals surface area contributed by atoms with Gasteiger partial charge in [-0.05, 0) is 62.8 Å². The first kappa shape index (κ1) is 21.7. The fourth-order valence-electron chi connectivity index (χ4n) is 4.87. The first-order valence-electron chi connectivity index (χ1n) is 11.2. The zero-order valence-corrected chi connectivity index (χ0v) is 19.2. The lowest BCUT2D eigenvalue weighted by Crippen LogP contribution is -2.45. The third kappa shape index (κ3) is 4.87. The molecule has 2 heterocycles. The summed E-state index contributed by atoms with van der Waals surface area (Å²) < 4.78 is 2.30. The van der Waals surface area contributed by atoms with Crippen LogP contribution in [-0.2, 0) is 6.54 Å². The number of benzene rings is 1. The van der Waals surface area contributed by atoms with Gasteiger partial charge >= 0.3 is 0 Å². The van der Waals surface area contributed by atoms with E-state index in [2.05, 4.69) is 21.9 Å². The molecule has 0 radical (unpaired) electrons. The molecule has 1 aromatic carbocycles. The van der Waals surface area contributed by atoms with Crippen LogP contribution >= 0.6 is 23.2 Å². The van der Waals surface area contributed by atoms with Crippen LogP contribution in [0.25, 0.3) is 11.3 Å². The molecular weight excluding hydrogens is 417 g/mol. The first-order valence-corrected chi connectivity index (χ1v) is 12.0. The molecule has 1 aliphatic carbocycles. The van der Waals surface area contributed by atoms with Crippen LogP contribution in [0.5, 0.6) is 0 Å². The Morgan fingerprint density at radius 2 is 1.73 bits per heavy atom. The maximum atomic E-state index is 13.1. The fraction of sp³-hybridized carbons (Fsp3) is 0.542. The summed E-state index contributed by atoms with van der Waals surface area (Å²) in [5, 5.41) is 3.29. The second kappa shape index (κ2) is 9.76. The zero-order chi connectivity index (χ0) is 21.1. The molecule has 4 rings (SSSR count). The van der Waals surface area contributed by atoms with E-state index in [9.17, 15) is 4.79 Å². The summed E-state index contributed by atoms with van der Waals surface area (Å²) in [6.45, 7) is 4.82. The summed E-state index contributed by atoms with van der Waals surface area (Å²) >= 11 is 12.7. The van der Waals surface area contributed by atoms with E-state index >= 15 is 0 Å². The molecular formula is C24H31Cl2N3O. The number of aromatic nitrogens is 1. The van der Waals surface area contributed by atoms with Crippen molar-refractivity contribution in [3.8, 4) is 11.3 Å². The van der Waals surface area contributed by atoms with Gasteiger partial charge < -0.3 is 4.57 Å². The van der Waals surface area contributed by atoms with Gasteiger partial charge in [-0.3, -0.25) is 10.2 Å². The summed E-state index contributed by atoms with van der Waals surface area (Å²) in [6.07, 6.45) is 9.93. The Bertz CT molecular complexity index is 896. The average molecular weight is 448 g/mol. The number of piperidine rings is 1. The van der Waals surface area contributed by atoms with Crippen LogP contribution < -0.4 is 5.43 Å². The summed E-state index contributed by atoms with van der Waals surface area (Å²) in [5.41, 5.74) is 6.80. The Kier molecular flexibility index (Phi) is 7.07. The van der Waals surface area contributed by atoms with Crippen molar-refractivity contribution in [1.29, 1.82) is 0 Å². The zero-order valence-electron chi connectivity index (χ0n) is 17.7. The Morgan fingerprint density at radius 3 is 2.43 bits per heavy atom. The quantitative estimate of drug-likeness (QED) is 0.568. The summed E-state index contributed by atoms with van der Waals surface area (Å²) in [7, 11) is 0. The van der Waals surface area contributed by atoms with Crippen LogP contribution in [0.3, 0.4) is 0 Å². The normalized spacial score (nSPS) is 18.5. The first-order chi connectivity index (χ1) is 14.5. The Balaban J connectivity index is 1.67. The van der Waals surface area contributed by atoms with Crippen molar-refractivity contribution in [2.75, 3.05) is 13.1 Å². The van der Waals surface area contributed by atoms with E-state index in [1.165, 1.54) is 38.5 Å². The van der Waals surface area contributed by atoms with Crippen molar-refractivity contribution in [2.45, 2.75) is 64.8 Å². The lowest BCUT2D eigenvalue weighted by atomic mass is 9.89. The minimum atomic E-state index is -0.0249. The van der Waals surface area contributed by atoms with Gasteiger partial charge in [-0.1, -0.05) is 48.9 Å². The number of nitrogens with zero attached hydrogens (tertiary/aromatic N) is 2. The Morgan fingerprint density at radius 1 is 1.03 bits per heavy atom. The van der Waals surface area contributed by atoms with Crippen LogP contribution in [0.1, 0.15) is 67.4 Å². The van der Waals surface area contributed by atoms with E-state index in [4.69, 9.17) is 23.2 Å². The van der Waals surface area contributed by atoms with E-state index in [0.717, 1.165) is 55.0 Å². The van der Waals surface area contributed by atoms with Gasteiger partial charge in [0, 0.05) is 35.9 Å². The van der Waals surface area contributed by atoms with Crippen molar-refractivity contribution in [1.82, 2.24) is 15.0 Å². The predicted octanol–water partition coefficient (Wildman–Crippen LogP) is 6.48. The van der Waals surface area contributed by atoms with Gasteiger partial charge in [0.15, 0.2) is 0 Å². The highest BCUT2D eigenvalue weighted by molar-refractivity contribution is 6.36. The van der Waals surface area contributed by atoms with E-state index in [1.807, 2.05) is 18.2 Å². The predicted molar refractivity (Wildman–Crippen MR) is 124 cm³/mol. The number of hydrogen-bond acceptors (Lipinski definition) is 2. The molecule has 4 nitrogen and oxygen atoms in total. The third-order valence-electron chi connectivity index (χ3n) is 6.60. The molecule has 1 saturated heterocycles. The topological polar surface area (TPSA) is 37.3 Å². The van der Waals surface area contributed by atoms with Crippen molar-refractivity contribution in [3.05, 3.63) is 45.6 Å². The number of carbonyl (C=O) groups excluding carboxylic acids is 1. The number of carbonyl (C=O) groups is 1. The van der Waals surface area contributed by atoms with Crippen LogP contribution in [0, 0.1) is 12.8 Å². The summed E-state index contributed by atoms with van der Waals surface area (Å²) in [5.74, 6) is 0.621. The van der Waals surface area contributed by atoms with Crippen molar-refractivity contribution in [2.24, 2.45) is 5.92 Å². The number of rotatable bonds is 5. The lowest BCUT2D eigenvalue weighted by Gasteiger charge is -2.27. The van der Waals surface area contributed by atoms with Crippen molar-refractivity contribution >= 4 is 29.1 Å². The lowest BCUT2D eigenvalue weighted by molar-refractivity contribution is 0.0749. The number of hydrogen-bond donors (Lipinski definition) is 1. The Hall–Kier alpha value is -1.49. The van der Waals surface area contributed by atoms with Crippen molar-refractivity contribution < 1.29 is 4.79 Å². The van der Waals surface area contributed by atoms with E-state index in [0.29, 0.717) is 16.0 Å². The van der Waals surface area contributed by atoms with Gasteiger partial charge in [-0.2, -0.15) is 0 Å². The average Bonchev–Trinajstić information content (AvgIpc) is 3.06. The molecule has 162 valence electrons. The molecule has 1 saturated carbocycles. The second-order valence-electron chi connectivity index (χ2n) is 8.76. The highest BCUT2D eigenvalue weighted by Crippen LogP contribution is 2.35. The molecule has 2 fully saturated rings. The molecule has 2 aliphatic rings. The van der Waals surface area contributed by atoms with Gasteiger partial charge in [0.05, 0.1) is 16.3 Å². The van der Waals surface area contributed by atoms with Gasteiger partial charge in [0.1, 0.15) is 0 Å². The van der Waals surface area contributed by atoms with E-state index in [1.54, 1.807) is 6.07 Å². The van der Waals surface area contributed by atoms with Gasteiger partial charge in [0.2, 0.25) is 0 Å². The summed E-state index contributed by atoms with van der Waals surface area (Å²) in [6, 6.07) is 7.61. The molecule has 2 aromatic rings. The van der Waals surface area contributed by atoms with E-state index < -0.39 is 0 Å². The van der Waals surface area contributed by atoms with Gasteiger partial charge in [-0.15, -0.1) is 0 Å². The molecule has 0 unspecified atom stereocenters. The molecule has 30 heavy (non-hydrogen) atoms. The molecule has 1 aromatic heterocycles. The number of nitrogens with one attached hydrogen (secondary N) is 1. The van der Waals surface area contributed by atoms with Crippen LogP contribution in [-0.4, -0.2) is 28.6 Å². The number of hydrazine groups is 1. The maximum absolute atomic E-state index is 13.1. The maximum Gasteiger partial charge on any atom is 0.267 e. The summed E-state index contributed by atoms with van der Waals surface area (Å²) in [4.78, 5) is 13.1. The molecule has 1 amide bonds. The molecule has 0 spiro atoms. The monoisotopic (exact) mass is 447 g/mol. The van der Waals surface area contributed by atoms with Crippen LogP contribution in [0.2, 0.25) is 10.0 Å². The minimum Gasteiger partial charge on any atom is -0.344 e. The highest BCUT2D eigenvalue weighted by atomic mass is 35.5. The minimum absolute atomic E-state index is 0.0249. The van der Waals surface area contributed by atoms with Crippen LogP contribution in [0.15, 0.2) is 24.3 Å². The highest BCUT2D eigenvalue weighted by Gasteiger charge is 2.24. The largest absolute Gasteiger partial charge is 0.344 e. The molecule has 1 aliphatic heterocycles. The molecule has 1 N–H and O–H groups in total. The fourth-order valence-corrected chi connectivity index (χ4v) is 5.37. The van der Waals surface area contributed by atoms with Gasteiger partial charge in [0.25, 0.3) is 5.91 Å². The van der Waals surface area contributed by atoms with E-state index in [-0.39, 0.29) is 5.91 Å². The van der Waals surface area contributed by atoms with Crippen molar-refractivity contribution in [3.63, 3.8) is 0 Å². The SMILES string of the molecule is Cc1c(C(=O)NN2CCCCC2)cc(-c2ccc(Cl)cc2Cl)n1CC1CCCCC1. The Labute approximate surface area is 189 Å². The standard InChI is InChI=1S/C24H31Cl2N3O/c1-17-21(24(30)27-28-12-6-3-7-13-28)15-23(20-11-10-19(25)14-22(20)26)29(17)16-18-8-4-2-5-9-18/h10-11,14-15,18H,2-9,12-13,16H2,1H3,(H,27,30). The molecule has 0 bridgehead atoms. The number of amides is 1. The van der Waals surface area contributed by atoms with Crippen LogP contribution in [0.4, 0.5) is 0 Å². The number of halogens is 2. The third-order valence-corrected chi connectivity index (χ3v) is 7.15. The molecule has 0 atom stereocenters. The second-order valence-corrected chi connectivity index (χ2v) is 9.60. The molecule has 6 heteroatoms. The smallest absolute Gasteiger partial charge is 0.267 e. The van der Waals surface area contributed by atoms with Gasteiger partial charge in [-0.25, -0.2) is 5.01 Å².